The van der Waals surface area contributed by atoms with Gasteiger partial charge in [-0.15, -0.1) is 0 Å². The summed E-state index contributed by atoms with van der Waals surface area (Å²) in [4.78, 5) is 5.05. The molecule has 5 N–H and O–H groups in total. The molecule has 2 rings (SSSR count). The predicted octanol–water partition coefficient (Wildman–Crippen LogP) is 1.14. The number of oxime groups is 1. The van der Waals surface area contributed by atoms with Crippen molar-refractivity contribution >= 4 is 49.4 Å². The van der Waals surface area contributed by atoms with E-state index in [1.54, 1.807) is 12.1 Å². The van der Waals surface area contributed by atoms with Crippen molar-refractivity contribution in [2.24, 2.45) is 5.16 Å². The van der Waals surface area contributed by atoms with Crippen molar-refractivity contribution in [2.45, 2.75) is 0 Å². The number of nitrogens with zero attached hydrogens (tertiary/aromatic N) is 1. The topological polar surface area (TPSA) is 137 Å². The van der Waals surface area contributed by atoms with Gasteiger partial charge in [0.1, 0.15) is 5.75 Å². The number of rotatable bonds is 5. The maximum Gasteiger partial charge on any atom is 0.222 e. The third-order valence-corrected chi connectivity index (χ3v) is 4.06. The zero-order valence-corrected chi connectivity index (χ0v) is 14.9. The van der Waals surface area contributed by atoms with Gasteiger partial charge in [0.05, 0.1) is 21.2 Å². The molecular weight excluding hydrogens is 454 g/mol. The summed E-state index contributed by atoms with van der Waals surface area (Å²) in [7, 11) is 0. The second-order valence-corrected chi connectivity index (χ2v) is 6.19. The fourth-order valence-electron chi connectivity index (χ4n) is 1.71. The van der Waals surface area contributed by atoms with E-state index < -0.39 is 10.5 Å². The highest BCUT2D eigenvalue weighted by atomic mass is 79.9. The Morgan fingerprint density at radius 1 is 1.04 bits per heavy atom. The van der Waals surface area contributed by atoms with E-state index >= 15 is 0 Å². The van der Waals surface area contributed by atoms with Gasteiger partial charge in [0.2, 0.25) is 11.4 Å². The average molecular weight is 465 g/mol. The first-order chi connectivity index (χ1) is 11.3. The quantitative estimate of drug-likeness (QED) is 0.332. The van der Waals surface area contributed by atoms with Crippen molar-refractivity contribution in [3.63, 3.8) is 0 Å². The molecule has 0 aliphatic rings. The molecule has 2 aromatic rings. The molecule has 128 valence electrons. The van der Waals surface area contributed by atoms with Crippen LogP contribution in [0.3, 0.4) is 0 Å². The molecule has 2 atom stereocenters. The van der Waals surface area contributed by atoms with Crippen LogP contribution in [0.25, 0.3) is 0 Å². The molecule has 0 spiro atoms. The summed E-state index contributed by atoms with van der Waals surface area (Å²) in [5.74, 6) is -0.0637. The van der Waals surface area contributed by atoms with Gasteiger partial charge in [0, 0.05) is 6.07 Å². The minimum Gasteiger partial charge on any atom is -0.595 e. The van der Waals surface area contributed by atoms with Crippen LogP contribution in [0, 0.1) is 10.4 Å². The van der Waals surface area contributed by atoms with Gasteiger partial charge >= 0.3 is 0 Å². The molecule has 0 aliphatic carbocycles. The molecule has 0 amide bonds. The SMILES string of the molecule is [O-][NH+](O)c1ccc(ON=Cc2cc(Br)c(O)c(Br)c2)c([NH+]([O-])O)c1. The third-order valence-electron chi connectivity index (χ3n) is 2.85. The van der Waals surface area contributed by atoms with E-state index in [0.717, 1.165) is 6.07 Å². The van der Waals surface area contributed by atoms with E-state index in [1.165, 1.54) is 18.3 Å². The van der Waals surface area contributed by atoms with Gasteiger partial charge in [-0.3, -0.25) is 0 Å². The molecule has 2 aromatic carbocycles. The summed E-state index contributed by atoms with van der Waals surface area (Å²) in [6, 6.07) is 6.58. The van der Waals surface area contributed by atoms with Gasteiger partial charge in [-0.05, 0) is 55.6 Å². The van der Waals surface area contributed by atoms with Crippen molar-refractivity contribution in [1.82, 2.24) is 0 Å². The van der Waals surface area contributed by atoms with Gasteiger partial charge in [-0.25, -0.2) is 10.4 Å². The Hall–Kier alpha value is -1.57. The number of halogens is 2. The van der Waals surface area contributed by atoms with Gasteiger partial charge < -0.3 is 20.4 Å². The number of quaternary nitrogens is 2. The summed E-state index contributed by atoms with van der Waals surface area (Å²) >= 11 is 6.34. The van der Waals surface area contributed by atoms with Crippen LogP contribution in [0.5, 0.6) is 11.5 Å². The lowest BCUT2D eigenvalue weighted by atomic mass is 10.2. The summed E-state index contributed by atoms with van der Waals surface area (Å²) < 4.78 is 0.880. The molecule has 0 aliphatic heterocycles. The van der Waals surface area contributed by atoms with Gasteiger partial charge in [-0.2, -0.15) is 10.5 Å². The van der Waals surface area contributed by atoms with Crippen LogP contribution in [-0.4, -0.2) is 21.7 Å². The van der Waals surface area contributed by atoms with Crippen LogP contribution < -0.4 is 15.3 Å². The molecule has 2 unspecified atom stereocenters. The minimum absolute atomic E-state index is 0.0329. The summed E-state index contributed by atoms with van der Waals surface area (Å²) in [5, 5.41) is 50.8. The molecule has 0 heterocycles. The molecular formula is C13H11Br2N3O6. The Balaban J connectivity index is 2.22. The molecule has 0 aromatic heterocycles. The number of phenols is 1. The van der Waals surface area contributed by atoms with Crippen LogP contribution in [0.15, 0.2) is 44.4 Å². The van der Waals surface area contributed by atoms with Crippen molar-refractivity contribution in [3.05, 3.63) is 55.3 Å². The number of aromatic hydroxyl groups is 1. The lowest BCUT2D eigenvalue weighted by molar-refractivity contribution is -0.996. The number of phenolic OH excluding ortho intramolecular Hbond substituents is 1. The summed E-state index contributed by atoms with van der Waals surface area (Å²) in [5.41, 5.74) is 0.0841. The van der Waals surface area contributed by atoms with E-state index in [2.05, 4.69) is 37.0 Å². The second kappa shape index (κ2) is 8.00. The van der Waals surface area contributed by atoms with Crippen LogP contribution >= 0.6 is 31.9 Å². The molecule has 9 nitrogen and oxygen atoms in total. The minimum atomic E-state index is -1.33. The van der Waals surface area contributed by atoms with Crippen molar-refractivity contribution in [1.29, 1.82) is 0 Å². The first-order valence-electron chi connectivity index (χ1n) is 6.28. The van der Waals surface area contributed by atoms with Crippen LogP contribution in [0.1, 0.15) is 5.56 Å². The van der Waals surface area contributed by atoms with Crippen molar-refractivity contribution < 1.29 is 30.8 Å². The molecule has 0 radical (unpaired) electrons. The fourth-order valence-corrected chi connectivity index (χ4v) is 2.94. The zero-order valence-electron chi connectivity index (χ0n) is 11.7. The van der Waals surface area contributed by atoms with Crippen molar-refractivity contribution in [2.75, 3.05) is 0 Å². The van der Waals surface area contributed by atoms with Gasteiger partial charge in [0.25, 0.3) is 0 Å². The van der Waals surface area contributed by atoms with Gasteiger partial charge in [-0.1, -0.05) is 5.16 Å². The lowest BCUT2D eigenvalue weighted by Crippen LogP contribution is -3.00. The molecule has 0 saturated heterocycles. The van der Waals surface area contributed by atoms with Crippen LogP contribution in [0.2, 0.25) is 0 Å². The number of benzene rings is 2. The maximum atomic E-state index is 11.2. The van der Waals surface area contributed by atoms with E-state index in [9.17, 15) is 15.5 Å². The smallest absolute Gasteiger partial charge is 0.222 e. The van der Waals surface area contributed by atoms with E-state index in [-0.39, 0.29) is 22.9 Å². The summed E-state index contributed by atoms with van der Waals surface area (Å²) in [6.45, 7) is 0. The number of nitrogens with one attached hydrogen (secondary N) is 2. The van der Waals surface area contributed by atoms with Crippen molar-refractivity contribution in [3.8, 4) is 11.5 Å². The van der Waals surface area contributed by atoms with E-state index in [0.29, 0.717) is 14.5 Å². The lowest BCUT2D eigenvalue weighted by Gasteiger charge is -2.17. The average Bonchev–Trinajstić information content (AvgIpc) is 2.52. The molecule has 24 heavy (non-hydrogen) atoms. The Bertz CT molecular complexity index is 746. The zero-order chi connectivity index (χ0) is 17.9. The standard InChI is InChI=1S/C13H11Br2N3O6/c14-9-3-7(4-10(15)13(9)19)6-16-24-12-2-1-8(17(20)21)5-11(12)18(22)23/h1-6,17-20,22H. The van der Waals surface area contributed by atoms with Crippen LogP contribution in [0.4, 0.5) is 11.4 Å². The summed E-state index contributed by atoms with van der Waals surface area (Å²) in [6.07, 6.45) is 1.31. The predicted molar refractivity (Wildman–Crippen MR) is 89.7 cm³/mol. The maximum absolute atomic E-state index is 11.2. The number of hydrogen-bond acceptors (Lipinski definition) is 7. The highest BCUT2D eigenvalue weighted by Crippen LogP contribution is 2.32. The monoisotopic (exact) mass is 463 g/mol. The number of hydrogen-bond donors (Lipinski definition) is 5. The first kappa shape index (κ1) is 18.8. The fraction of sp³-hybridized carbons (Fsp3) is 0. The molecule has 0 fully saturated rings. The Morgan fingerprint density at radius 3 is 2.21 bits per heavy atom. The Labute approximate surface area is 152 Å². The Kier molecular flexibility index (Phi) is 6.26. The largest absolute Gasteiger partial charge is 0.595 e. The van der Waals surface area contributed by atoms with Gasteiger partial charge in [0.15, 0.2) is 5.69 Å². The molecule has 11 heteroatoms. The molecule has 0 saturated carbocycles. The first-order valence-corrected chi connectivity index (χ1v) is 7.87. The molecule has 0 bridgehead atoms. The second-order valence-electron chi connectivity index (χ2n) is 4.48. The van der Waals surface area contributed by atoms with Crippen LogP contribution in [-0.2, 0) is 0 Å². The normalized spacial score (nSPS) is 13.9. The highest BCUT2D eigenvalue weighted by molar-refractivity contribution is 9.11. The third kappa shape index (κ3) is 4.49. The van der Waals surface area contributed by atoms with E-state index in [1.807, 2.05) is 0 Å². The Morgan fingerprint density at radius 2 is 1.67 bits per heavy atom. The van der Waals surface area contributed by atoms with E-state index in [4.69, 9.17) is 15.3 Å². The highest BCUT2D eigenvalue weighted by Gasteiger charge is 2.15.